The molecule has 0 fully saturated rings. The van der Waals surface area contributed by atoms with E-state index in [0.717, 1.165) is 5.69 Å². The smallest absolute Gasteiger partial charge is 0.213 e. The van der Waals surface area contributed by atoms with Gasteiger partial charge in [-0.05, 0) is 19.1 Å². The Morgan fingerprint density at radius 3 is 2.29 bits per heavy atom. The molecule has 0 amide bonds. The first-order chi connectivity index (χ1) is 7.91. The molecule has 0 aliphatic heterocycles. The highest BCUT2D eigenvalue weighted by Gasteiger charge is 2.21. The predicted molar refractivity (Wildman–Crippen MR) is 59.6 cm³/mol. The van der Waals surface area contributed by atoms with Gasteiger partial charge in [0.05, 0.1) is 0 Å². The number of rotatable bonds is 2. The summed E-state index contributed by atoms with van der Waals surface area (Å²) in [5, 5.41) is 0. The van der Waals surface area contributed by atoms with Crippen molar-refractivity contribution in [3.05, 3.63) is 42.2 Å². The Kier molecular flexibility index (Phi) is 2.76. The molecular formula is C11H12N2O3S. The van der Waals surface area contributed by atoms with E-state index in [1.807, 2.05) is 30.3 Å². The molecule has 1 heterocycles. The van der Waals surface area contributed by atoms with Gasteiger partial charge in [0.15, 0.2) is 7.05 Å². The second kappa shape index (κ2) is 3.97. The molecule has 2 rings (SSSR count). The van der Waals surface area contributed by atoms with Crippen molar-refractivity contribution in [2.24, 2.45) is 7.05 Å². The maximum atomic E-state index is 11.1. The van der Waals surface area contributed by atoms with E-state index in [9.17, 15) is 13.0 Å². The minimum atomic E-state index is -4.43. The monoisotopic (exact) mass is 252 g/mol. The van der Waals surface area contributed by atoms with Crippen molar-refractivity contribution in [1.82, 2.24) is 4.68 Å². The Hall–Kier alpha value is -1.66. The first-order valence-corrected chi connectivity index (χ1v) is 6.41. The Bertz CT molecular complexity index is 645. The van der Waals surface area contributed by atoms with Gasteiger partial charge in [0.25, 0.3) is 0 Å². The first kappa shape index (κ1) is 11.8. The van der Waals surface area contributed by atoms with Crippen LogP contribution in [0.3, 0.4) is 0 Å². The minimum Gasteiger partial charge on any atom is -0.744 e. The predicted octanol–water partition coefficient (Wildman–Crippen LogP) is 0.514. The van der Waals surface area contributed by atoms with Gasteiger partial charge in [0.2, 0.25) is 6.20 Å². The van der Waals surface area contributed by atoms with E-state index in [1.54, 1.807) is 23.3 Å². The molecule has 0 aliphatic rings. The molecular weight excluding hydrogens is 240 g/mol. The van der Waals surface area contributed by atoms with Crippen LogP contribution in [0.4, 0.5) is 0 Å². The second-order valence-electron chi connectivity index (χ2n) is 3.75. The Morgan fingerprint density at radius 2 is 1.82 bits per heavy atom. The number of aryl methyl sites for hydroxylation is 1. The fourth-order valence-electron chi connectivity index (χ4n) is 1.85. The van der Waals surface area contributed by atoms with E-state index in [0.29, 0.717) is 5.69 Å². The third-order valence-corrected chi connectivity index (χ3v) is 3.50. The van der Waals surface area contributed by atoms with Crippen LogP contribution >= 0.6 is 0 Å². The molecule has 6 heteroatoms. The number of benzene rings is 1. The highest BCUT2D eigenvalue weighted by molar-refractivity contribution is 7.85. The van der Waals surface area contributed by atoms with E-state index < -0.39 is 10.1 Å². The highest BCUT2D eigenvalue weighted by Crippen LogP contribution is 2.16. The van der Waals surface area contributed by atoms with Crippen LogP contribution in [0.5, 0.6) is 0 Å². The number of para-hydroxylation sites is 1. The van der Waals surface area contributed by atoms with Gasteiger partial charge in [0.1, 0.15) is 26.4 Å². The molecule has 0 spiro atoms. The van der Waals surface area contributed by atoms with Gasteiger partial charge in [-0.2, -0.15) is 0 Å². The fourth-order valence-corrected chi connectivity index (χ4v) is 2.58. The van der Waals surface area contributed by atoms with Crippen molar-refractivity contribution in [1.29, 1.82) is 0 Å². The first-order valence-electron chi connectivity index (χ1n) is 5.01. The zero-order valence-electron chi connectivity index (χ0n) is 9.49. The summed E-state index contributed by atoms with van der Waals surface area (Å²) in [6.45, 7) is 1.61. The molecule has 0 saturated carbocycles. The van der Waals surface area contributed by atoms with Crippen molar-refractivity contribution in [2.45, 2.75) is 11.8 Å². The SMILES string of the molecule is Cc1c(S(=O)(=O)[O-])c[n+](C)n1-c1ccccc1. The lowest BCUT2D eigenvalue weighted by atomic mass is 10.3. The lowest BCUT2D eigenvalue weighted by Crippen LogP contribution is -2.37. The van der Waals surface area contributed by atoms with Crippen LogP contribution in [0.15, 0.2) is 41.4 Å². The summed E-state index contributed by atoms with van der Waals surface area (Å²) in [5.74, 6) is 0. The van der Waals surface area contributed by atoms with Gasteiger partial charge < -0.3 is 4.55 Å². The van der Waals surface area contributed by atoms with E-state index in [2.05, 4.69) is 0 Å². The highest BCUT2D eigenvalue weighted by atomic mass is 32.2. The van der Waals surface area contributed by atoms with Crippen LogP contribution in [0.1, 0.15) is 5.69 Å². The molecule has 2 aromatic rings. The van der Waals surface area contributed by atoms with Crippen LogP contribution < -0.4 is 4.68 Å². The summed E-state index contributed by atoms with van der Waals surface area (Å²) in [5.41, 5.74) is 1.22. The molecule has 0 N–H and O–H groups in total. The van der Waals surface area contributed by atoms with Crippen LogP contribution in [-0.4, -0.2) is 17.7 Å². The molecule has 0 saturated heterocycles. The molecule has 5 nitrogen and oxygen atoms in total. The van der Waals surface area contributed by atoms with Crippen molar-refractivity contribution in [2.75, 3.05) is 0 Å². The summed E-state index contributed by atoms with van der Waals surface area (Å²) in [7, 11) is -2.75. The Labute approximate surface area is 99.7 Å². The maximum Gasteiger partial charge on any atom is 0.213 e. The van der Waals surface area contributed by atoms with Crippen LogP contribution in [-0.2, 0) is 17.2 Å². The molecule has 0 atom stereocenters. The van der Waals surface area contributed by atoms with Crippen LogP contribution in [0, 0.1) is 6.92 Å². The molecule has 0 aliphatic carbocycles. The third-order valence-electron chi connectivity index (χ3n) is 2.56. The average Bonchev–Trinajstić information content (AvgIpc) is 2.55. The summed E-state index contributed by atoms with van der Waals surface area (Å²) in [6, 6.07) is 9.25. The zero-order chi connectivity index (χ0) is 12.6. The fraction of sp³-hybridized carbons (Fsp3) is 0.182. The van der Waals surface area contributed by atoms with E-state index in [-0.39, 0.29) is 4.90 Å². The summed E-state index contributed by atoms with van der Waals surface area (Å²) in [6.07, 6.45) is 1.32. The van der Waals surface area contributed by atoms with E-state index in [4.69, 9.17) is 0 Å². The summed E-state index contributed by atoms with van der Waals surface area (Å²) >= 11 is 0. The second-order valence-corrected chi connectivity index (χ2v) is 5.10. The molecule has 0 bridgehead atoms. The Balaban J connectivity index is 2.70. The lowest BCUT2D eigenvalue weighted by Gasteiger charge is -2.04. The molecule has 0 radical (unpaired) electrons. The largest absolute Gasteiger partial charge is 0.744 e. The number of hydrogen-bond donors (Lipinski definition) is 0. The van der Waals surface area contributed by atoms with Crippen molar-refractivity contribution >= 4 is 10.1 Å². The molecule has 1 aromatic heterocycles. The quantitative estimate of drug-likeness (QED) is 0.578. The van der Waals surface area contributed by atoms with Crippen LogP contribution in [0.2, 0.25) is 0 Å². The topological polar surface area (TPSA) is 66.0 Å². The number of nitrogens with zero attached hydrogens (tertiary/aromatic N) is 2. The van der Waals surface area contributed by atoms with Crippen molar-refractivity contribution < 1.29 is 17.7 Å². The van der Waals surface area contributed by atoms with E-state index >= 15 is 0 Å². The number of hydrogen-bond acceptors (Lipinski definition) is 3. The van der Waals surface area contributed by atoms with Crippen LogP contribution in [0.25, 0.3) is 5.69 Å². The van der Waals surface area contributed by atoms with Gasteiger partial charge in [-0.25, -0.2) is 8.42 Å². The summed E-state index contributed by atoms with van der Waals surface area (Å²) < 4.78 is 36.5. The van der Waals surface area contributed by atoms with Gasteiger partial charge in [-0.1, -0.05) is 18.2 Å². The number of aromatic nitrogens is 2. The molecule has 0 unspecified atom stereocenters. The maximum absolute atomic E-state index is 11.1. The van der Waals surface area contributed by atoms with Crippen molar-refractivity contribution in [3.8, 4) is 5.69 Å². The molecule has 1 aromatic carbocycles. The van der Waals surface area contributed by atoms with E-state index in [1.165, 1.54) is 6.20 Å². The standard InChI is InChI=1S/C11H12N2O3S/c1-9-11(17(14,15)16)8-12(2)13(9)10-6-4-3-5-7-10/h3-8H,1-2H3. The molecule has 17 heavy (non-hydrogen) atoms. The Morgan fingerprint density at radius 1 is 1.24 bits per heavy atom. The minimum absolute atomic E-state index is 0.191. The summed E-state index contributed by atoms with van der Waals surface area (Å²) in [4.78, 5) is -0.191. The van der Waals surface area contributed by atoms with Gasteiger partial charge in [-0.15, -0.1) is 9.36 Å². The van der Waals surface area contributed by atoms with Crippen molar-refractivity contribution in [3.63, 3.8) is 0 Å². The molecule has 90 valence electrons. The normalized spacial score (nSPS) is 11.7. The van der Waals surface area contributed by atoms with Gasteiger partial charge >= 0.3 is 0 Å². The average molecular weight is 252 g/mol. The zero-order valence-corrected chi connectivity index (χ0v) is 10.3. The lowest BCUT2D eigenvalue weighted by molar-refractivity contribution is -0.745. The van der Waals surface area contributed by atoms with Gasteiger partial charge in [0, 0.05) is 0 Å². The third kappa shape index (κ3) is 2.09. The van der Waals surface area contributed by atoms with Gasteiger partial charge in [-0.3, -0.25) is 0 Å².